The first-order valence-electron chi connectivity index (χ1n) is 25.1. The van der Waals surface area contributed by atoms with E-state index in [9.17, 15) is 14.4 Å². The van der Waals surface area contributed by atoms with E-state index in [1.807, 2.05) is 0 Å². The fourth-order valence-corrected chi connectivity index (χ4v) is 6.48. The molecule has 0 aliphatic heterocycles. The van der Waals surface area contributed by atoms with Gasteiger partial charge in [0.05, 0.1) is 32.2 Å². The quantitative estimate of drug-likeness (QED) is 0.0193. The Morgan fingerprint density at radius 3 is 1.44 bits per heavy atom. The topological polar surface area (TPSA) is 110 Å². The summed E-state index contributed by atoms with van der Waals surface area (Å²) in [5, 5.41) is 0. The Labute approximate surface area is 380 Å². The highest BCUT2D eigenvalue weighted by Crippen LogP contribution is 2.13. The van der Waals surface area contributed by atoms with Crippen LogP contribution >= 0.6 is 0 Å². The number of unbranched alkanes of at least 4 members (excludes halogenated alkanes) is 14. The highest BCUT2D eigenvalue weighted by Gasteiger charge is 2.20. The van der Waals surface area contributed by atoms with Crippen molar-refractivity contribution in [3.05, 3.63) is 48.6 Å². The SMILES string of the molecule is CCCCC/C=C\C/C=C\CCCCCCCC(=O)OCC(COC(=O)CCC(OCC/C=C\CCCCC)OCC/C=C\CCCCC)COC(=O)OCCCN(CC)CC. The van der Waals surface area contributed by atoms with Gasteiger partial charge in [-0.25, -0.2) is 4.79 Å². The fraction of sp³-hybridized carbons (Fsp3) is 0.788. The largest absolute Gasteiger partial charge is 0.508 e. The molecule has 0 aromatic heterocycles. The van der Waals surface area contributed by atoms with Crippen LogP contribution in [0.4, 0.5) is 4.79 Å². The zero-order valence-electron chi connectivity index (χ0n) is 40.4. The van der Waals surface area contributed by atoms with Crippen LogP contribution < -0.4 is 0 Å². The number of carbonyl (C=O) groups excluding carboxylic acids is 3. The highest BCUT2D eigenvalue weighted by atomic mass is 16.7. The monoisotopic (exact) mass is 876 g/mol. The zero-order chi connectivity index (χ0) is 45.4. The molecular weight excluding hydrogens is 783 g/mol. The van der Waals surface area contributed by atoms with Crippen LogP contribution in [-0.2, 0) is 38.0 Å². The van der Waals surface area contributed by atoms with Gasteiger partial charge in [-0.15, -0.1) is 0 Å². The molecule has 0 spiro atoms. The van der Waals surface area contributed by atoms with Crippen LogP contribution in [0.1, 0.15) is 195 Å². The maximum absolute atomic E-state index is 13.0. The van der Waals surface area contributed by atoms with Gasteiger partial charge in [0, 0.05) is 19.4 Å². The van der Waals surface area contributed by atoms with Crippen molar-refractivity contribution in [2.24, 2.45) is 5.92 Å². The van der Waals surface area contributed by atoms with Gasteiger partial charge in [-0.1, -0.05) is 141 Å². The third-order valence-corrected chi connectivity index (χ3v) is 10.5. The molecule has 0 saturated heterocycles. The maximum atomic E-state index is 13.0. The van der Waals surface area contributed by atoms with Gasteiger partial charge in [0.15, 0.2) is 6.29 Å². The van der Waals surface area contributed by atoms with Gasteiger partial charge in [-0.2, -0.15) is 0 Å². The Kier molecular flexibility index (Phi) is 45.3. The standard InChI is InChI=1S/C52H93NO9/c1-6-11-14-17-20-21-22-23-24-25-26-27-28-31-34-38-49(54)60-45-48(47-62-52(56)59-44-37-41-53(9-4)10-5)46-61-50(55)39-40-51(57-42-35-32-29-18-15-12-7-2)58-43-36-33-30-19-16-13-8-3/h20-21,23-24,29-30,32-33,48,51H,6-19,22,25-28,31,34-47H2,1-5H3/b21-20-,24-23-,32-29-,33-30-. The average Bonchev–Trinajstić information content (AvgIpc) is 3.28. The lowest BCUT2D eigenvalue weighted by Crippen LogP contribution is -2.28. The molecule has 0 fully saturated rings. The summed E-state index contributed by atoms with van der Waals surface area (Å²) in [6.45, 7) is 14.6. The molecule has 62 heavy (non-hydrogen) atoms. The summed E-state index contributed by atoms with van der Waals surface area (Å²) in [7, 11) is 0. The summed E-state index contributed by atoms with van der Waals surface area (Å²) in [5.74, 6) is -1.27. The van der Waals surface area contributed by atoms with E-state index < -0.39 is 24.3 Å². The lowest BCUT2D eigenvalue weighted by molar-refractivity contribution is -0.160. The molecule has 10 heteroatoms. The molecule has 0 radical (unpaired) electrons. The lowest BCUT2D eigenvalue weighted by atomic mass is 10.1. The van der Waals surface area contributed by atoms with E-state index in [1.165, 1.54) is 64.2 Å². The van der Waals surface area contributed by atoms with E-state index in [-0.39, 0.29) is 38.8 Å². The number of nitrogens with zero attached hydrogens (tertiary/aromatic N) is 1. The molecular formula is C52H93NO9. The van der Waals surface area contributed by atoms with E-state index in [2.05, 4.69) is 88.1 Å². The van der Waals surface area contributed by atoms with Crippen molar-refractivity contribution in [2.75, 3.05) is 59.3 Å². The average molecular weight is 876 g/mol. The summed E-state index contributed by atoms with van der Waals surface area (Å²) >= 11 is 0. The first-order valence-corrected chi connectivity index (χ1v) is 25.1. The number of esters is 2. The van der Waals surface area contributed by atoms with Crippen LogP contribution in [0.25, 0.3) is 0 Å². The second-order valence-corrected chi connectivity index (χ2v) is 16.2. The molecule has 10 nitrogen and oxygen atoms in total. The number of hydrogen-bond donors (Lipinski definition) is 0. The summed E-state index contributed by atoms with van der Waals surface area (Å²) in [6, 6.07) is 0. The molecule has 0 rings (SSSR count). The number of carbonyl (C=O) groups is 3. The molecule has 1 unspecified atom stereocenters. The smallest absolute Gasteiger partial charge is 0.465 e. The lowest BCUT2D eigenvalue weighted by Gasteiger charge is -2.19. The Morgan fingerprint density at radius 1 is 0.452 bits per heavy atom. The van der Waals surface area contributed by atoms with Crippen molar-refractivity contribution in [2.45, 2.75) is 201 Å². The summed E-state index contributed by atoms with van der Waals surface area (Å²) < 4.78 is 34.0. The van der Waals surface area contributed by atoms with Gasteiger partial charge < -0.3 is 33.3 Å². The van der Waals surface area contributed by atoms with Crippen LogP contribution in [0.15, 0.2) is 48.6 Å². The molecule has 0 aliphatic rings. The zero-order valence-corrected chi connectivity index (χ0v) is 40.4. The number of rotatable bonds is 45. The predicted molar refractivity (Wildman–Crippen MR) is 255 cm³/mol. The van der Waals surface area contributed by atoms with Crippen LogP contribution in [0, 0.1) is 5.92 Å². The number of ether oxygens (including phenoxy) is 6. The molecule has 1 atom stereocenters. The summed E-state index contributed by atoms with van der Waals surface area (Å²) in [4.78, 5) is 40.3. The molecule has 0 saturated carbocycles. The molecule has 0 aromatic rings. The van der Waals surface area contributed by atoms with Gasteiger partial charge in [-0.05, 0) is 96.6 Å². The fourth-order valence-electron chi connectivity index (χ4n) is 6.48. The predicted octanol–water partition coefficient (Wildman–Crippen LogP) is 13.6. The Morgan fingerprint density at radius 2 is 0.903 bits per heavy atom. The minimum Gasteiger partial charge on any atom is -0.465 e. The van der Waals surface area contributed by atoms with Gasteiger partial charge in [0.25, 0.3) is 0 Å². The van der Waals surface area contributed by atoms with Gasteiger partial charge in [0.2, 0.25) is 0 Å². The molecule has 0 aliphatic carbocycles. The minimum absolute atomic E-state index is 0.0333. The van der Waals surface area contributed by atoms with E-state index >= 15 is 0 Å². The van der Waals surface area contributed by atoms with Crippen LogP contribution in [0.5, 0.6) is 0 Å². The van der Waals surface area contributed by atoms with Crippen molar-refractivity contribution in [1.82, 2.24) is 4.90 Å². The second kappa shape index (κ2) is 47.5. The molecule has 360 valence electrons. The minimum atomic E-state index is -0.791. The molecule has 0 amide bonds. The number of allylic oxidation sites excluding steroid dienone is 6. The molecule has 0 bridgehead atoms. The molecule has 0 aromatic carbocycles. The van der Waals surface area contributed by atoms with Gasteiger partial charge in [-0.3, -0.25) is 9.59 Å². The van der Waals surface area contributed by atoms with Crippen LogP contribution in [0.2, 0.25) is 0 Å². The maximum Gasteiger partial charge on any atom is 0.508 e. The van der Waals surface area contributed by atoms with Crippen LogP contribution in [0.3, 0.4) is 0 Å². The van der Waals surface area contributed by atoms with E-state index in [1.54, 1.807) is 0 Å². The Bertz CT molecular complexity index is 1110. The first-order chi connectivity index (χ1) is 30.4. The van der Waals surface area contributed by atoms with Crippen LogP contribution in [-0.4, -0.2) is 88.6 Å². The second-order valence-electron chi connectivity index (χ2n) is 16.2. The van der Waals surface area contributed by atoms with E-state index in [4.69, 9.17) is 28.4 Å². The van der Waals surface area contributed by atoms with Crippen molar-refractivity contribution < 1.29 is 42.8 Å². The highest BCUT2D eigenvalue weighted by molar-refractivity contribution is 5.69. The summed E-state index contributed by atoms with van der Waals surface area (Å²) in [5.41, 5.74) is 0. The Balaban J connectivity index is 4.94. The normalized spacial score (nSPS) is 12.5. The molecule has 0 N–H and O–H groups in total. The van der Waals surface area contributed by atoms with E-state index in [0.29, 0.717) is 32.5 Å². The molecule has 0 heterocycles. The first kappa shape index (κ1) is 59.0. The number of hydrogen-bond acceptors (Lipinski definition) is 10. The van der Waals surface area contributed by atoms with Crippen molar-refractivity contribution in [1.29, 1.82) is 0 Å². The third-order valence-electron chi connectivity index (χ3n) is 10.5. The summed E-state index contributed by atoms with van der Waals surface area (Å²) in [6.07, 6.45) is 41.1. The van der Waals surface area contributed by atoms with Crippen molar-refractivity contribution in [3.8, 4) is 0 Å². The van der Waals surface area contributed by atoms with Gasteiger partial charge in [0.1, 0.15) is 19.8 Å². The van der Waals surface area contributed by atoms with Gasteiger partial charge >= 0.3 is 18.1 Å². The Hall–Kier alpha value is -2.95. The van der Waals surface area contributed by atoms with E-state index in [0.717, 1.165) is 90.3 Å². The third kappa shape index (κ3) is 42.4. The van der Waals surface area contributed by atoms with Crippen molar-refractivity contribution >= 4 is 18.1 Å². The van der Waals surface area contributed by atoms with Crippen molar-refractivity contribution in [3.63, 3.8) is 0 Å².